The first-order valence-electron chi connectivity index (χ1n) is 6.27. The highest BCUT2D eigenvalue weighted by molar-refractivity contribution is 7.09. The van der Waals surface area contributed by atoms with E-state index < -0.39 is 0 Å². The standard InChI is InChI=1S/C15H16FNO2S/c1-19-9-8-17(11-14-3-2-10-20-14)15(18)12-4-6-13(16)7-5-12/h2-7,10H,8-9,11H2,1H3. The highest BCUT2D eigenvalue weighted by Gasteiger charge is 2.16. The molecule has 0 aliphatic carbocycles. The molecule has 0 atom stereocenters. The number of methoxy groups -OCH3 is 1. The third kappa shape index (κ3) is 3.88. The predicted octanol–water partition coefficient (Wildman–Crippen LogP) is 3.18. The summed E-state index contributed by atoms with van der Waals surface area (Å²) < 4.78 is 18.0. The molecular formula is C15H16FNO2S. The second kappa shape index (κ2) is 7.17. The molecule has 0 saturated carbocycles. The quantitative estimate of drug-likeness (QED) is 0.818. The number of thiophene rings is 1. The molecule has 20 heavy (non-hydrogen) atoms. The summed E-state index contributed by atoms with van der Waals surface area (Å²) in [5.74, 6) is -0.460. The van der Waals surface area contributed by atoms with Gasteiger partial charge in [0.1, 0.15) is 5.82 Å². The molecule has 1 amide bonds. The maximum atomic E-state index is 12.9. The normalized spacial score (nSPS) is 10.5. The molecule has 0 bridgehead atoms. The van der Waals surface area contributed by atoms with Gasteiger partial charge in [-0.3, -0.25) is 4.79 Å². The number of rotatable bonds is 6. The van der Waals surface area contributed by atoms with Crippen LogP contribution in [0.3, 0.4) is 0 Å². The summed E-state index contributed by atoms with van der Waals surface area (Å²) in [7, 11) is 1.60. The zero-order chi connectivity index (χ0) is 14.4. The van der Waals surface area contributed by atoms with Gasteiger partial charge in [0.2, 0.25) is 0 Å². The van der Waals surface area contributed by atoms with E-state index in [0.29, 0.717) is 25.3 Å². The summed E-state index contributed by atoms with van der Waals surface area (Å²) in [6.45, 7) is 1.51. The molecule has 0 aliphatic heterocycles. The number of benzene rings is 1. The highest BCUT2D eigenvalue weighted by atomic mass is 32.1. The van der Waals surface area contributed by atoms with E-state index in [4.69, 9.17) is 4.74 Å². The molecule has 0 fully saturated rings. The van der Waals surface area contributed by atoms with Gasteiger partial charge in [-0.15, -0.1) is 11.3 Å². The van der Waals surface area contributed by atoms with E-state index in [2.05, 4.69) is 0 Å². The first kappa shape index (κ1) is 14.7. The molecule has 0 spiro atoms. The Morgan fingerprint density at radius 2 is 2.05 bits per heavy atom. The van der Waals surface area contributed by atoms with Crippen molar-refractivity contribution in [2.75, 3.05) is 20.3 Å². The van der Waals surface area contributed by atoms with Crippen molar-refractivity contribution in [2.45, 2.75) is 6.54 Å². The average molecular weight is 293 g/mol. The molecule has 0 radical (unpaired) electrons. The number of nitrogens with zero attached hydrogens (tertiary/aromatic N) is 1. The molecule has 1 aromatic heterocycles. The summed E-state index contributed by atoms with van der Waals surface area (Å²) >= 11 is 1.61. The second-order valence-electron chi connectivity index (χ2n) is 4.31. The zero-order valence-electron chi connectivity index (χ0n) is 11.2. The number of hydrogen-bond acceptors (Lipinski definition) is 3. The van der Waals surface area contributed by atoms with E-state index in [1.165, 1.54) is 24.3 Å². The highest BCUT2D eigenvalue weighted by Crippen LogP contribution is 2.14. The van der Waals surface area contributed by atoms with Crippen LogP contribution in [0.4, 0.5) is 4.39 Å². The lowest BCUT2D eigenvalue weighted by Gasteiger charge is -2.21. The van der Waals surface area contributed by atoms with Gasteiger partial charge in [-0.1, -0.05) is 6.07 Å². The van der Waals surface area contributed by atoms with Gasteiger partial charge in [0, 0.05) is 24.1 Å². The Morgan fingerprint density at radius 1 is 1.30 bits per heavy atom. The van der Waals surface area contributed by atoms with Gasteiger partial charge in [-0.05, 0) is 35.7 Å². The fourth-order valence-electron chi connectivity index (χ4n) is 1.82. The van der Waals surface area contributed by atoms with Crippen LogP contribution in [-0.2, 0) is 11.3 Å². The van der Waals surface area contributed by atoms with Crippen molar-refractivity contribution < 1.29 is 13.9 Å². The maximum Gasteiger partial charge on any atom is 0.254 e. The average Bonchev–Trinajstić information content (AvgIpc) is 2.96. The van der Waals surface area contributed by atoms with Crippen molar-refractivity contribution in [1.29, 1.82) is 0 Å². The Bertz CT molecular complexity index is 540. The van der Waals surface area contributed by atoms with E-state index in [0.717, 1.165) is 4.88 Å². The third-order valence-corrected chi connectivity index (χ3v) is 3.73. The van der Waals surface area contributed by atoms with Crippen LogP contribution in [0, 0.1) is 5.82 Å². The summed E-state index contributed by atoms with van der Waals surface area (Å²) in [6, 6.07) is 9.55. The zero-order valence-corrected chi connectivity index (χ0v) is 12.0. The molecule has 1 heterocycles. The Balaban J connectivity index is 2.12. The number of amides is 1. The van der Waals surface area contributed by atoms with E-state index in [1.54, 1.807) is 23.3 Å². The Kier molecular flexibility index (Phi) is 5.26. The fourth-order valence-corrected chi connectivity index (χ4v) is 2.54. The molecule has 0 aliphatic rings. The van der Waals surface area contributed by atoms with Crippen LogP contribution in [0.15, 0.2) is 41.8 Å². The number of carbonyl (C=O) groups excluding carboxylic acids is 1. The summed E-state index contributed by atoms with van der Waals surface area (Å²) in [6.07, 6.45) is 0. The van der Waals surface area contributed by atoms with Gasteiger partial charge >= 0.3 is 0 Å². The van der Waals surface area contributed by atoms with Crippen LogP contribution in [0.25, 0.3) is 0 Å². The molecule has 3 nitrogen and oxygen atoms in total. The molecule has 2 aromatic rings. The molecule has 5 heteroatoms. The largest absolute Gasteiger partial charge is 0.383 e. The molecule has 1 aromatic carbocycles. The number of carbonyl (C=O) groups is 1. The second-order valence-corrected chi connectivity index (χ2v) is 5.34. The van der Waals surface area contributed by atoms with Crippen molar-refractivity contribution in [3.05, 3.63) is 58.0 Å². The van der Waals surface area contributed by atoms with Crippen LogP contribution in [-0.4, -0.2) is 31.1 Å². The van der Waals surface area contributed by atoms with Gasteiger partial charge in [-0.2, -0.15) is 0 Å². The Labute approximate surface area is 121 Å². The van der Waals surface area contributed by atoms with Crippen LogP contribution >= 0.6 is 11.3 Å². The van der Waals surface area contributed by atoms with E-state index in [9.17, 15) is 9.18 Å². The summed E-state index contributed by atoms with van der Waals surface area (Å²) in [5.41, 5.74) is 0.485. The van der Waals surface area contributed by atoms with Crippen LogP contribution < -0.4 is 0 Å². The molecular weight excluding hydrogens is 277 g/mol. The molecule has 0 unspecified atom stereocenters. The van der Waals surface area contributed by atoms with E-state index >= 15 is 0 Å². The van der Waals surface area contributed by atoms with Crippen molar-refractivity contribution in [1.82, 2.24) is 4.90 Å². The summed E-state index contributed by atoms with van der Waals surface area (Å²) in [5, 5.41) is 1.98. The van der Waals surface area contributed by atoms with Crippen molar-refractivity contribution in [3.8, 4) is 0 Å². The number of halogens is 1. The lowest BCUT2D eigenvalue weighted by molar-refractivity contribution is 0.0682. The van der Waals surface area contributed by atoms with Gasteiger partial charge in [0.05, 0.1) is 13.2 Å². The molecule has 106 valence electrons. The topological polar surface area (TPSA) is 29.5 Å². The molecule has 2 rings (SSSR count). The minimum Gasteiger partial charge on any atom is -0.383 e. The first-order valence-corrected chi connectivity index (χ1v) is 7.15. The molecule has 0 N–H and O–H groups in total. The Hall–Kier alpha value is -1.72. The van der Waals surface area contributed by atoms with Crippen molar-refractivity contribution >= 4 is 17.2 Å². The minimum absolute atomic E-state index is 0.115. The van der Waals surface area contributed by atoms with E-state index in [1.807, 2.05) is 17.5 Å². The van der Waals surface area contributed by atoms with Crippen molar-refractivity contribution in [3.63, 3.8) is 0 Å². The van der Waals surface area contributed by atoms with Crippen LogP contribution in [0.1, 0.15) is 15.2 Å². The van der Waals surface area contributed by atoms with Gasteiger partial charge in [0.15, 0.2) is 0 Å². The number of hydrogen-bond donors (Lipinski definition) is 0. The smallest absolute Gasteiger partial charge is 0.254 e. The Morgan fingerprint density at radius 3 is 2.65 bits per heavy atom. The monoisotopic (exact) mass is 293 g/mol. The van der Waals surface area contributed by atoms with Gasteiger partial charge in [-0.25, -0.2) is 4.39 Å². The van der Waals surface area contributed by atoms with Gasteiger partial charge < -0.3 is 9.64 Å². The summed E-state index contributed by atoms with van der Waals surface area (Å²) in [4.78, 5) is 15.3. The van der Waals surface area contributed by atoms with Crippen molar-refractivity contribution in [2.24, 2.45) is 0 Å². The first-order chi connectivity index (χ1) is 9.70. The minimum atomic E-state index is -0.344. The maximum absolute atomic E-state index is 12.9. The molecule has 0 saturated heterocycles. The predicted molar refractivity (Wildman–Crippen MR) is 77.3 cm³/mol. The van der Waals surface area contributed by atoms with E-state index in [-0.39, 0.29) is 11.7 Å². The fraction of sp³-hybridized carbons (Fsp3) is 0.267. The number of ether oxygens (including phenoxy) is 1. The van der Waals surface area contributed by atoms with Crippen LogP contribution in [0.2, 0.25) is 0 Å². The lowest BCUT2D eigenvalue weighted by atomic mass is 10.2. The van der Waals surface area contributed by atoms with Crippen LogP contribution in [0.5, 0.6) is 0 Å². The lowest BCUT2D eigenvalue weighted by Crippen LogP contribution is -2.33. The third-order valence-electron chi connectivity index (χ3n) is 2.87. The van der Waals surface area contributed by atoms with Gasteiger partial charge in [0.25, 0.3) is 5.91 Å². The SMILES string of the molecule is COCCN(Cc1cccs1)C(=O)c1ccc(F)cc1.